The van der Waals surface area contributed by atoms with Gasteiger partial charge in [-0.3, -0.25) is 0 Å². The van der Waals surface area contributed by atoms with Crippen LogP contribution < -0.4 is 0 Å². The molecule has 0 bridgehead atoms. The second-order valence-corrected chi connectivity index (χ2v) is 6.48. The Morgan fingerprint density at radius 1 is 1.00 bits per heavy atom. The molecule has 0 spiro atoms. The van der Waals surface area contributed by atoms with Crippen LogP contribution in [0.15, 0.2) is 36.4 Å². The van der Waals surface area contributed by atoms with Gasteiger partial charge in [-0.25, -0.2) is 0 Å². The highest BCUT2D eigenvalue weighted by molar-refractivity contribution is 5.27. The van der Waals surface area contributed by atoms with Crippen LogP contribution in [0.5, 0.6) is 5.75 Å². The van der Waals surface area contributed by atoms with Crippen molar-refractivity contribution >= 4 is 0 Å². The molecule has 2 N–H and O–H groups in total. The first-order valence-corrected chi connectivity index (χ1v) is 9.33. The van der Waals surface area contributed by atoms with Crippen molar-refractivity contribution in [2.45, 2.75) is 83.7 Å². The highest BCUT2D eigenvalue weighted by atomic mass is 16.3. The minimum Gasteiger partial charge on any atom is -0.508 e. The molecule has 1 aromatic rings. The summed E-state index contributed by atoms with van der Waals surface area (Å²) in [6.45, 7) is 2.16. The fraction of sp³-hybridized carbons (Fsp3) is 0.619. The minimum absolute atomic E-state index is 0.149. The maximum atomic E-state index is 9.72. The van der Waals surface area contributed by atoms with Crippen LogP contribution in [-0.4, -0.2) is 16.3 Å². The van der Waals surface area contributed by atoms with Crippen LogP contribution in [0.1, 0.15) is 76.7 Å². The van der Waals surface area contributed by atoms with Crippen LogP contribution >= 0.6 is 0 Å². The van der Waals surface area contributed by atoms with Gasteiger partial charge in [0, 0.05) is 0 Å². The predicted octanol–water partition coefficient (Wildman–Crippen LogP) is 5.77. The first-order valence-electron chi connectivity index (χ1n) is 9.33. The van der Waals surface area contributed by atoms with Crippen molar-refractivity contribution in [3.63, 3.8) is 0 Å². The maximum Gasteiger partial charge on any atom is 0.115 e. The number of hydrogen-bond acceptors (Lipinski definition) is 2. The number of aryl methyl sites for hydroxylation is 1. The van der Waals surface area contributed by atoms with E-state index >= 15 is 0 Å². The molecule has 0 fully saturated rings. The smallest absolute Gasteiger partial charge is 0.115 e. The average Bonchev–Trinajstić information content (AvgIpc) is 2.54. The highest BCUT2D eigenvalue weighted by Gasteiger charge is 1.99. The molecule has 0 aliphatic carbocycles. The van der Waals surface area contributed by atoms with Crippen molar-refractivity contribution in [3.8, 4) is 5.75 Å². The van der Waals surface area contributed by atoms with Crippen molar-refractivity contribution in [1.82, 2.24) is 0 Å². The van der Waals surface area contributed by atoms with Crippen molar-refractivity contribution in [2.24, 2.45) is 0 Å². The third kappa shape index (κ3) is 11.0. The van der Waals surface area contributed by atoms with Gasteiger partial charge in [-0.15, -0.1) is 0 Å². The van der Waals surface area contributed by atoms with E-state index in [1.165, 1.54) is 37.7 Å². The fourth-order valence-electron chi connectivity index (χ4n) is 2.76. The number of rotatable bonds is 13. The monoisotopic (exact) mass is 318 g/mol. The van der Waals surface area contributed by atoms with Gasteiger partial charge in [-0.1, -0.05) is 63.3 Å². The summed E-state index contributed by atoms with van der Waals surface area (Å²) in [5.41, 5.74) is 1.23. The molecule has 2 nitrogen and oxygen atoms in total. The van der Waals surface area contributed by atoms with Crippen LogP contribution in [0, 0.1) is 0 Å². The van der Waals surface area contributed by atoms with Gasteiger partial charge in [-0.2, -0.15) is 0 Å². The van der Waals surface area contributed by atoms with E-state index < -0.39 is 0 Å². The van der Waals surface area contributed by atoms with Crippen LogP contribution in [-0.2, 0) is 6.42 Å². The number of aliphatic hydroxyl groups excluding tert-OH is 1. The van der Waals surface area contributed by atoms with E-state index in [2.05, 4.69) is 25.1 Å². The average molecular weight is 319 g/mol. The van der Waals surface area contributed by atoms with E-state index in [9.17, 15) is 10.2 Å². The second-order valence-electron chi connectivity index (χ2n) is 6.48. The molecule has 23 heavy (non-hydrogen) atoms. The summed E-state index contributed by atoms with van der Waals surface area (Å²) < 4.78 is 0. The Balaban J connectivity index is 1.91. The highest BCUT2D eigenvalue weighted by Crippen LogP contribution is 2.14. The largest absolute Gasteiger partial charge is 0.508 e. The van der Waals surface area contributed by atoms with E-state index in [0.717, 1.165) is 38.5 Å². The molecule has 130 valence electrons. The second kappa shape index (κ2) is 13.2. The van der Waals surface area contributed by atoms with Crippen molar-refractivity contribution in [1.29, 1.82) is 0 Å². The molecule has 1 aromatic carbocycles. The first-order chi connectivity index (χ1) is 11.2. The SMILES string of the molecule is CCCCC(O)C/C=C\CCCCCCCc1cccc(O)c1. The number of phenols is 1. The van der Waals surface area contributed by atoms with Gasteiger partial charge in [0.25, 0.3) is 0 Å². The Labute approximate surface area is 142 Å². The Morgan fingerprint density at radius 2 is 1.78 bits per heavy atom. The Morgan fingerprint density at radius 3 is 2.57 bits per heavy atom. The van der Waals surface area contributed by atoms with E-state index in [1.807, 2.05) is 12.1 Å². The lowest BCUT2D eigenvalue weighted by Crippen LogP contribution is -2.03. The number of phenolic OH excluding ortho intramolecular Hbond substituents is 1. The van der Waals surface area contributed by atoms with Gasteiger partial charge in [0.05, 0.1) is 6.10 Å². The molecule has 0 aliphatic rings. The maximum absolute atomic E-state index is 9.72. The quantitative estimate of drug-likeness (QED) is 0.358. The number of aromatic hydroxyl groups is 1. The zero-order valence-electron chi connectivity index (χ0n) is 14.7. The lowest BCUT2D eigenvalue weighted by molar-refractivity contribution is 0.164. The van der Waals surface area contributed by atoms with Crippen molar-refractivity contribution in [3.05, 3.63) is 42.0 Å². The van der Waals surface area contributed by atoms with Gasteiger partial charge < -0.3 is 10.2 Å². The zero-order chi connectivity index (χ0) is 16.8. The third-order valence-electron chi connectivity index (χ3n) is 4.21. The lowest BCUT2D eigenvalue weighted by atomic mass is 10.0. The molecule has 0 aliphatic heterocycles. The normalized spacial score (nSPS) is 12.8. The van der Waals surface area contributed by atoms with E-state index in [-0.39, 0.29) is 6.10 Å². The van der Waals surface area contributed by atoms with Crippen LogP contribution in [0.25, 0.3) is 0 Å². The Hall–Kier alpha value is -1.28. The molecule has 2 heteroatoms. The van der Waals surface area contributed by atoms with E-state index in [4.69, 9.17) is 0 Å². The predicted molar refractivity (Wildman–Crippen MR) is 98.8 cm³/mol. The minimum atomic E-state index is -0.149. The summed E-state index contributed by atoms with van der Waals surface area (Å²) in [7, 11) is 0. The summed E-state index contributed by atoms with van der Waals surface area (Å²) in [5, 5.41) is 19.1. The van der Waals surface area contributed by atoms with Gasteiger partial charge in [0.15, 0.2) is 0 Å². The molecule has 0 amide bonds. The van der Waals surface area contributed by atoms with Crippen LogP contribution in [0.4, 0.5) is 0 Å². The molecule has 0 saturated carbocycles. The fourth-order valence-corrected chi connectivity index (χ4v) is 2.76. The molecular weight excluding hydrogens is 284 g/mol. The van der Waals surface area contributed by atoms with Crippen LogP contribution in [0.3, 0.4) is 0 Å². The number of unbranched alkanes of at least 4 members (excludes halogenated alkanes) is 6. The molecule has 1 unspecified atom stereocenters. The molecule has 1 atom stereocenters. The number of hydrogen-bond donors (Lipinski definition) is 2. The number of benzene rings is 1. The van der Waals surface area contributed by atoms with Crippen molar-refractivity contribution < 1.29 is 10.2 Å². The van der Waals surface area contributed by atoms with Gasteiger partial charge in [-0.05, 0) is 56.2 Å². The molecule has 0 aromatic heterocycles. The lowest BCUT2D eigenvalue weighted by Gasteiger charge is -2.05. The Kier molecular flexibility index (Phi) is 11.3. The van der Waals surface area contributed by atoms with E-state index in [0.29, 0.717) is 5.75 Å². The number of aliphatic hydroxyl groups is 1. The molecule has 0 heterocycles. The van der Waals surface area contributed by atoms with E-state index in [1.54, 1.807) is 6.07 Å². The molecule has 0 saturated heterocycles. The summed E-state index contributed by atoms with van der Waals surface area (Å²) >= 11 is 0. The zero-order valence-corrected chi connectivity index (χ0v) is 14.7. The van der Waals surface area contributed by atoms with Crippen LogP contribution in [0.2, 0.25) is 0 Å². The first kappa shape index (κ1) is 19.8. The summed E-state index contributed by atoms with van der Waals surface area (Å²) in [6.07, 6.45) is 16.7. The van der Waals surface area contributed by atoms with Gasteiger partial charge in [0.2, 0.25) is 0 Å². The molecule has 1 rings (SSSR count). The molecule has 0 radical (unpaired) electrons. The molecular formula is C21H34O2. The van der Waals surface area contributed by atoms with Gasteiger partial charge >= 0.3 is 0 Å². The summed E-state index contributed by atoms with van der Waals surface area (Å²) in [6, 6.07) is 7.58. The summed E-state index contributed by atoms with van der Waals surface area (Å²) in [4.78, 5) is 0. The third-order valence-corrected chi connectivity index (χ3v) is 4.21. The summed E-state index contributed by atoms with van der Waals surface area (Å²) in [5.74, 6) is 0.370. The Bertz CT molecular complexity index is 426. The standard InChI is InChI=1S/C21H34O2/c1-2-3-15-20(22)16-11-9-7-5-4-6-8-10-13-19-14-12-17-21(23)18-19/h9,11-12,14,17-18,20,22-23H,2-8,10,13,15-16H2,1H3/b11-9-. The van der Waals surface area contributed by atoms with Gasteiger partial charge in [0.1, 0.15) is 5.75 Å². The number of allylic oxidation sites excluding steroid dienone is 1. The topological polar surface area (TPSA) is 40.5 Å². The van der Waals surface area contributed by atoms with Crippen molar-refractivity contribution in [2.75, 3.05) is 0 Å².